The molecule has 98 valence electrons. The van der Waals surface area contributed by atoms with Crippen LogP contribution in [0.1, 0.15) is 4.88 Å². The third-order valence-electron chi connectivity index (χ3n) is 2.13. The van der Waals surface area contributed by atoms with Gasteiger partial charge >= 0.3 is 0 Å². The number of hydrogen-bond acceptors (Lipinski definition) is 4. The molecule has 0 spiro atoms. The lowest BCUT2D eigenvalue weighted by Crippen LogP contribution is -2.11. The van der Waals surface area contributed by atoms with Crippen molar-refractivity contribution in [1.82, 2.24) is 0 Å². The van der Waals surface area contributed by atoms with Crippen molar-refractivity contribution in [1.29, 1.82) is 5.26 Å². The monoisotopic (exact) mass is 332 g/mol. The molecule has 0 fully saturated rings. The quantitative estimate of drug-likeness (QED) is 0.930. The van der Waals surface area contributed by atoms with E-state index in [4.69, 9.17) is 28.5 Å². The molecule has 8 heteroatoms. The predicted molar refractivity (Wildman–Crippen MR) is 76.3 cm³/mol. The van der Waals surface area contributed by atoms with Crippen LogP contribution in [-0.2, 0) is 10.0 Å². The zero-order valence-electron chi connectivity index (χ0n) is 9.22. The maximum atomic E-state index is 12.1. The molecule has 0 amide bonds. The van der Waals surface area contributed by atoms with Crippen molar-refractivity contribution in [2.24, 2.45) is 0 Å². The zero-order chi connectivity index (χ0) is 14.0. The minimum Gasteiger partial charge on any atom is -0.277 e. The molecule has 0 bridgehead atoms. The number of nitrogens with zero attached hydrogens (tertiary/aromatic N) is 1. The van der Waals surface area contributed by atoms with E-state index in [1.807, 2.05) is 6.07 Å². The standard InChI is InChI=1S/C11H6Cl2N2O2S2/c12-7-1-3-9(13)10(5-7)15-19(16,17)11-4-2-8(6-14)18-11/h1-5,15H. The highest BCUT2D eigenvalue weighted by atomic mass is 35.5. The Balaban J connectivity index is 2.36. The second-order valence-electron chi connectivity index (χ2n) is 3.46. The van der Waals surface area contributed by atoms with E-state index in [-0.39, 0.29) is 14.9 Å². The molecule has 0 unspecified atom stereocenters. The van der Waals surface area contributed by atoms with Crippen molar-refractivity contribution < 1.29 is 8.42 Å². The second kappa shape index (κ2) is 5.39. The lowest BCUT2D eigenvalue weighted by atomic mass is 10.3. The lowest BCUT2D eigenvalue weighted by Gasteiger charge is -2.08. The van der Waals surface area contributed by atoms with Gasteiger partial charge in [0.2, 0.25) is 0 Å². The molecule has 0 atom stereocenters. The van der Waals surface area contributed by atoms with Crippen molar-refractivity contribution in [3.8, 4) is 6.07 Å². The summed E-state index contributed by atoms with van der Waals surface area (Å²) in [4.78, 5) is 0.317. The third-order valence-corrected chi connectivity index (χ3v) is 5.54. The highest BCUT2D eigenvalue weighted by Gasteiger charge is 2.18. The van der Waals surface area contributed by atoms with Crippen LogP contribution in [0, 0.1) is 11.3 Å². The van der Waals surface area contributed by atoms with Crippen LogP contribution >= 0.6 is 34.5 Å². The molecular formula is C11H6Cl2N2O2S2. The molecule has 1 aromatic heterocycles. The minimum absolute atomic E-state index is 0.0418. The Morgan fingerprint density at radius 1 is 1.21 bits per heavy atom. The number of sulfonamides is 1. The summed E-state index contributed by atoms with van der Waals surface area (Å²) in [6.07, 6.45) is 0. The molecule has 1 aromatic carbocycles. The first kappa shape index (κ1) is 14.2. The number of thiophene rings is 1. The summed E-state index contributed by atoms with van der Waals surface area (Å²) in [5.74, 6) is 0. The molecule has 0 aliphatic carbocycles. The first-order valence-electron chi connectivity index (χ1n) is 4.90. The highest BCUT2D eigenvalue weighted by molar-refractivity contribution is 7.94. The molecule has 0 aliphatic rings. The molecule has 1 heterocycles. The maximum Gasteiger partial charge on any atom is 0.271 e. The number of hydrogen-bond donors (Lipinski definition) is 1. The van der Waals surface area contributed by atoms with Crippen LogP contribution in [0.3, 0.4) is 0 Å². The van der Waals surface area contributed by atoms with E-state index in [0.29, 0.717) is 9.90 Å². The van der Waals surface area contributed by atoms with Gasteiger partial charge in [0.1, 0.15) is 15.2 Å². The normalized spacial score (nSPS) is 11.0. The van der Waals surface area contributed by atoms with E-state index < -0.39 is 10.0 Å². The summed E-state index contributed by atoms with van der Waals surface area (Å²) < 4.78 is 26.5. The molecule has 4 nitrogen and oxygen atoms in total. The van der Waals surface area contributed by atoms with Crippen LogP contribution in [0.15, 0.2) is 34.5 Å². The Morgan fingerprint density at radius 2 is 1.95 bits per heavy atom. The Labute approximate surface area is 124 Å². The van der Waals surface area contributed by atoms with Gasteiger partial charge in [-0.25, -0.2) is 8.42 Å². The van der Waals surface area contributed by atoms with Crippen molar-refractivity contribution in [2.45, 2.75) is 4.21 Å². The van der Waals surface area contributed by atoms with Gasteiger partial charge < -0.3 is 0 Å². The summed E-state index contributed by atoms with van der Waals surface area (Å²) in [6.45, 7) is 0. The van der Waals surface area contributed by atoms with Crippen LogP contribution < -0.4 is 4.72 Å². The Bertz CT molecular complexity index is 763. The SMILES string of the molecule is N#Cc1ccc(S(=O)(=O)Nc2cc(Cl)ccc2Cl)s1. The van der Waals surface area contributed by atoms with Crippen molar-refractivity contribution in [3.05, 3.63) is 45.3 Å². The van der Waals surface area contributed by atoms with Crippen LogP contribution in [0.5, 0.6) is 0 Å². The molecular weight excluding hydrogens is 327 g/mol. The molecule has 2 aromatic rings. The van der Waals surface area contributed by atoms with E-state index in [9.17, 15) is 8.42 Å². The van der Waals surface area contributed by atoms with Gasteiger partial charge in [0, 0.05) is 5.02 Å². The number of nitriles is 1. The number of benzene rings is 1. The average Bonchev–Trinajstić information content (AvgIpc) is 2.83. The van der Waals surface area contributed by atoms with E-state index in [0.717, 1.165) is 11.3 Å². The summed E-state index contributed by atoms with van der Waals surface area (Å²) >= 11 is 12.6. The van der Waals surface area contributed by atoms with E-state index >= 15 is 0 Å². The topological polar surface area (TPSA) is 70.0 Å². The first-order valence-corrected chi connectivity index (χ1v) is 7.96. The van der Waals surface area contributed by atoms with Gasteiger partial charge in [-0.15, -0.1) is 11.3 Å². The largest absolute Gasteiger partial charge is 0.277 e. The maximum absolute atomic E-state index is 12.1. The third kappa shape index (κ3) is 3.19. The molecule has 0 saturated heterocycles. The van der Waals surface area contributed by atoms with Gasteiger partial charge in [0.15, 0.2) is 0 Å². The van der Waals surface area contributed by atoms with Gasteiger partial charge in [-0.05, 0) is 30.3 Å². The minimum atomic E-state index is -3.77. The predicted octanol–water partition coefficient (Wildman–Crippen LogP) is 3.73. The van der Waals surface area contributed by atoms with Crippen LogP contribution in [0.4, 0.5) is 5.69 Å². The number of nitrogens with one attached hydrogen (secondary N) is 1. The van der Waals surface area contributed by atoms with Gasteiger partial charge in [0.25, 0.3) is 10.0 Å². The van der Waals surface area contributed by atoms with E-state index in [2.05, 4.69) is 4.72 Å². The van der Waals surface area contributed by atoms with Crippen molar-refractivity contribution in [2.75, 3.05) is 4.72 Å². The summed E-state index contributed by atoms with van der Waals surface area (Å²) in [5, 5.41) is 9.30. The van der Waals surface area contributed by atoms with Gasteiger partial charge in [-0.1, -0.05) is 23.2 Å². The summed E-state index contributed by atoms with van der Waals surface area (Å²) in [7, 11) is -3.77. The Morgan fingerprint density at radius 3 is 2.58 bits per heavy atom. The van der Waals surface area contributed by atoms with Crippen molar-refractivity contribution >= 4 is 50.2 Å². The van der Waals surface area contributed by atoms with Crippen LogP contribution in [0.2, 0.25) is 10.0 Å². The van der Waals surface area contributed by atoms with Gasteiger partial charge in [-0.2, -0.15) is 5.26 Å². The fourth-order valence-corrected chi connectivity index (χ4v) is 3.86. The van der Waals surface area contributed by atoms with Gasteiger partial charge in [0.05, 0.1) is 10.7 Å². The summed E-state index contributed by atoms with van der Waals surface area (Å²) in [5.41, 5.74) is 0.195. The van der Waals surface area contributed by atoms with Gasteiger partial charge in [-0.3, -0.25) is 4.72 Å². The molecule has 0 aliphatic heterocycles. The molecule has 0 saturated carbocycles. The fraction of sp³-hybridized carbons (Fsp3) is 0. The second-order valence-corrected chi connectivity index (χ2v) is 7.30. The Kier molecular flexibility index (Phi) is 4.02. The van der Waals surface area contributed by atoms with E-state index in [1.165, 1.54) is 24.3 Å². The van der Waals surface area contributed by atoms with Crippen molar-refractivity contribution in [3.63, 3.8) is 0 Å². The highest BCUT2D eigenvalue weighted by Crippen LogP contribution is 2.29. The molecule has 2 rings (SSSR count). The Hall–Kier alpha value is -1.26. The number of anilines is 1. The average molecular weight is 333 g/mol. The number of rotatable bonds is 3. The first-order chi connectivity index (χ1) is 8.92. The van der Waals surface area contributed by atoms with E-state index in [1.54, 1.807) is 6.07 Å². The summed E-state index contributed by atoms with van der Waals surface area (Å²) in [6, 6.07) is 9.16. The fourth-order valence-electron chi connectivity index (χ4n) is 1.30. The lowest BCUT2D eigenvalue weighted by molar-refractivity contribution is 0.603. The van der Waals surface area contributed by atoms with Crippen LogP contribution in [-0.4, -0.2) is 8.42 Å². The van der Waals surface area contributed by atoms with Crippen LogP contribution in [0.25, 0.3) is 0 Å². The molecule has 1 N–H and O–H groups in total. The zero-order valence-corrected chi connectivity index (χ0v) is 12.4. The molecule has 19 heavy (non-hydrogen) atoms. The smallest absolute Gasteiger partial charge is 0.271 e. The molecule has 0 radical (unpaired) electrons. The number of halogens is 2.